The molecule has 2 aromatic rings. The number of amides is 1. The van der Waals surface area contributed by atoms with Crippen molar-refractivity contribution in [2.45, 2.75) is 24.7 Å². The Labute approximate surface area is 136 Å². The highest BCUT2D eigenvalue weighted by molar-refractivity contribution is 7.89. The molecule has 0 saturated heterocycles. The standard InChI is InChI=1S/C17H20N2O3S/c1-13-5-3-4-6-16(13)19-17(20)12-9-14-7-10-15(11-8-14)23(21,22)18-2/h3-8,10-11,18H,9,12H2,1-2H3,(H,19,20). The largest absolute Gasteiger partial charge is 0.326 e. The summed E-state index contributed by atoms with van der Waals surface area (Å²) in [5.41, 5.74) is 2.75. The number of carbonyl (C=O) groups is 1. The van der Waals surface area contributed by atoms with Crippen molar-refractivity contribution in [1.29, 1.82) is 0 Å². The molecule has 0 fully saturated rings. The van der Waals surface area contributed by atoms with Crippen LogP contribution in [-0.4, -0.2) is 21.4 Å². The number of hydrogen-bond donors (Lipinski definition) is 2. The Hall–Kier alpha value is -2.18. The van der Waals surface area contributed by atoms with Crippen LogP contribution in [0, 0.1) is 6.92 Å². The van der Waals surface area contributed by atoms with Gasteiger partial charge in [-0.05, 0) is 49.7 Å². The minimum absolute atomic E-state index is 0.0637. The van der Waals surface area contributed by atoms with Crippen molar-refractivity contribution in [1.82, 2.24) is 4.72 Å². The van der Waals surface area contributed by atoms with Crippen LogP contribution in [0.4, 0.5) is 5.69 Å². The number of sulfonamides is 1. The normalized spacial score (nSPS) is 11.2. The zero-order valence-electron chi connectivity index (χ0n) is 13.2. The van der Waals surface area contributed by atoms with Gasteiger partial charge in [-0.3, -0.25) is 4.79 Å². The number of hydrogen-bond acceptors (Lipinski definition) is 3. The van der Waals surface area contributed by atoms with E-state index in [9.17, 15) is 13.2 Å². The molecule has 0 aliphatic heterocycles. The summed E-state index contributed by atoms with van der Waals surface area (Å²) >= 11 is 0. The molecule has 0 spiro atoms. The second-order valence-corrected chi connectivity index (χ2v) is 7.10. The van der Waals surface area contributed by atoms with E-state index in [0.717, 1.165) is 16.8 Å². The van der Waals surface area contributed by atoms with Gasteiger partial charge in [0.2, 0.25) is 15.9 Å². The van der Waals surface area contributed by atoms with Crippen molar-refractivity contribution in [3.8, 4) is 0 Å². The molecule has 0 aromatic heterocycles. The third-order valence-electron chi connectivity index (χ3n) is 3.56. The molecule has 2 aromatic carbocycles. The van der Waals surface area contributed by atoms with Gasteiger partial charge >= 0.3 is 0 Å². The Morgan fingerprint density at radius 1 is 1.04 bits per heavy atom. The van der Waals surface area contributed by atoms with E-state index in [4.69, 9.17) is 0 Å². The van der Waals surface area contributed by atoms with E-state index < -0.39 is 10.0 Å². The highest BCUT2D eigenvalue weighted by Crippen LogP contribution is 2.15. The van der Waals surface area contributed by atoms with Gasteiger partial charge in [-0.2, -0.15) is 0 Å². The first-order valence-corrected chi connectivity index (χ1v) is 8.78. The van der Waals surface area contributed by atoms with Gasteiger partial charge in [0.25, 0.3) is 0 Å². The van der Waals surface area contributed by atoms with Crippen LogP contribution in [0.3, 0.4) is 0 Å². The van der Waals surface area contributed by atoms with Crippen molar-refractivity contribution >= 4 is 21.6 Å². The summed E-state index contributed by atoms with van der Waals surface area (Å²) in [6.45, 7) is 1.94. The number of anilines is 1. The van der Waals surface area contributed by atoms with E-state index in [2.05, 4.69) is 10.0 Å². The van der Waals surface area contributed by atoms with Gasteiger partial charge in [-0.15, -0.1) is 0 Å². The molecular formula is C17H20N2O3S. The number of benzene rings is 2. The first kappa shape index (κ1) is 17.2. The van der Waals surface area contributed by atoms with E-state index in [1.54, 1.807) is 24.3 Å². The van der Waals surface area contributed by atoms with Crippen molar-refractivity contribution in [2.24, 2.45) is 0 Å². The highest BCUT2D eigenvalue weighted by Gasteiger charge is 2.11. The molecule has 122 valence electrons. The van der Waals surface area contributed by atoms with Gasteiger partial charge < -0.3 is 5.32 Å². The Bertz CT molecular complexity index is 784. The van der Waals surface area contributed by atoms with Gasteiger partial charge in [0.05, 0.1) is 4.90 Å². The van der Waals surface area contributed by atoms with E-state index in [0.29, 0.717) is 12.8 Å². The topological polar surface area (TPSA) is 75.3 Å². The van der Waals surface area contributed by atoms with Gasteiger partial charge in [0.1, 0.15) is 0 Å². The Morgan fingerprint density at radius 2 is 1.70 bits per heavy atom. The number of rotatable bonds is 6. The fourth-order valence-electron chi connectivity index (χ4n) is 2.14. The maximum atomic E-state index is 12.0. The summed E-state index contributed by atoms with van der Waals surface area (Å²) in [6, 6.07) is 14.1. The quantitative estimate of drug-likeness (QED) is 0.853. The van der Waals surface area contributed by atoms with Crippen molar-refractivity contribution < 1.29 is 13.2 Å². The molecule has 6 heteroatoms. The maximum absolute atomic E-state index is 12.0. The molecular weight excluding hydrogens is 312 g/mol. The van der Waals surface area contributed by atoms with E-state index in [1.807, 2.05) is 31.2 Å². The third-order valence-corrected chi connectivity index (χ3v) is 4.99. The van der Waals surface area contributed by atoms with Crippen LogP contribution in [0.1, 0.15) is 17.5 Å². The molecule has 0 radical (unpaired) electrons. The molecule has 0 atom stereocenters. The zero-order valence-corrected chi connectivity index (χ0v) is 14.0. The highest BCUT2D eigenvalue weighted by atomic mass is 32.2. The summed E-state index contributed by atoms with van der Waals surface area (Å²) in [6.07, 6.45) is 0.893. The molecule has 2 rings (SSSR count). The molecule has 0 saturated carbocycles. The SMILES string of the molecule is CNS(=O)(=O)c1ccc(CCC(=O)Nc2ccccc2C)cc1. The molecule has 0 unspecified atom stereocenters. The first-order valence-electron chi connectivity index (χ1n) is 7.30. The molecule has 0 heterocycles. The number of carbonyl (C=O) groups excluding carboxylic acids is 1. The minimum atomic E-state index is -3.42. The van der Waals surface area contributed by atoms with Crippen LogP contribution < -0.4 is 10.0 Å². The molecule has 5 nitrogen and oxygen atoms in total. The molecule has 23 heavy (non-hydrogen) atoms. The van der Waals surface area contributed by atoms with Crippen LogP contribution in [0.2, 0.25) is 0 Å². The lowest BCUT2D eigenvalue weighted by Crippen LogP contribution is -2.18. The predicted molar refractivity (Wildman–Crippen MR) is 90.8 cm³/mol. The summed E-state index contributed by atoms with van der Waals surface area (Å²) in [7, 11) is -2.05. The second kappa shape index (κ2) is 7.39. The molecule has 0 bridgehead atoms. The summed E-state index contributed by atoms with van der Waals surface area (Å²) < 4.78 is 25.5. The summed E-state index contributed by atoms with van der Waals surface area (Å²) in [5, 5.41) is 2.88. The lowest BCUT2D eigenvalue weighted by Gasteiger charge is -2.08. The lowest BCUT2D eigenvalue weighted by atomic mass is 10.1. The van der Waals surface area contributed by atoms with Gasteiger partial charge in [-0.1, -0.05) is 30.3 Å². The third kappa shape index (κ3) is 4.64. The smallest absolute Gasteiger partial charge is 0.240 e. The average molecular weight is 332 g/mol. The first-order chi connectivity index (χ1) is 10.9. The van der Waals surface area contributed by atoms with Gasteiger partial charge in [-0.25, -0.2) is 13.1 Å². The van der Waals surface area contributed by atoms with E-state index in [-0.39, 0.29) is 10.8 Å². The molecule has 2 N–H and O–H groups in total. The second-order valence-electron chi connectivity index (χ2n) is 5.21. The summed E-state index contributed by atoms with van der Waals surface area (Å²) in [4.78, 5) is 12.2. The van der Waals surface area contributed by atoms with Crippen LogP contribution in [0.15, 0.2) is 53.4 Å². The monoisotopic (exact) mass is 332 g/mol. The predicted octanol–water partition coefficient (Wildman–Crippen LogP) is 2.47. The lowest BCUT2D eigenvalue weighted by molar-refractivity contribution is -0.116. The van der Waals surface area contributed by atoms with Crippen LogP contribution in [0.5, 0.6) is 0 Å². The molecule has 1 amide bonds. The Kier molecular flexibility index (Phi) is 5.52. The molecule has 0 aliphatic rings. The van der Waals surface area contributed by atoms with E-state index in [1.165, 1.54) is 7.05 Å². The Balaban J connectivity index is 1.93. The minimum Gasteiger partial charge on any atom is -0.326 e. The number of nitrogens with one attached hydrogen (secondary N) is 2. The average Bonchev–Trinajstić information content (AvgIpc) is 2.55. The fourth-order valence-corrected chi connectivity index (χ4v) is 2.87. The number of aryl methyl sites for hydroxylation is 2. The van der Waals surface area contributed by atoms with Gasteiger partial charge in [0.15, 0.2) is 0 Å². The van der Waals surface area contributed by atoms with Crippen LogP contribution in [0.25, 0.3) is 0 Å². The van der Waals surface area contributed by atoms with Crippen molar-refractivity contribution in [3.63, 3.8) is 0 Å². The summed E-state index contributed by atoms with van der Waals surface area (Å²) in [5.74, 6) is -0.0637. The van der Waals surface area contributed by atoms with Crippen LogP contribution in [-0.2, 0) is 21.2 Å². The fraction of sp³-hybridized carbons (Fsp3) is 0.235. The zero-order chi connectivity index (χ0) is 16.9. The van der Waals surface area contributed by atoms with Crippen LogP contribution >= 0.6 is 0 Å². The molecule has 0 aliphatic carbocycles. The van der Waals surface area contributed by atoms with Crippen molar-refractivity contribution in [3.05, 3.63) is 59.7 Å². The van der Waals surface area contributed by atoms with E-state index >= 15 is 0 Å². The number of para-hydroxylation sites is 1. The van der Waals surface area contributed by atoms with Crippen molar-refractivity contribution in [2.75, 3.05) is 12.4 Å². The Morgan fingerprint density at radius 3 is 2.30 bits per heavy atom. The van der Waals surface area contributed by atoms with Gasteiger partial charge in [0, 0.05) is 12.1 Å². The maximum Gasteiger partial charge on any atom is 0.240 e.